The Morgan fingerprint density at radius 2 is 2.17 bits per heavy atom. The molecule has 0 aromatic carbocycles. The van der Waals surface area contributed by atoms with Gasteiger partial charge in [-0.05, 0) is 17.5 Å². The van der Waals surface area contributed by atoms with Crippen LogP contribution in [0.3, 0.4) is 0 Å². The van der Waals surface area contributed by atoms with E-state index in [-0.39, 0.29) is 30.4 Å². The summed E-state index contributed by atoms with van der Waals surface area (Å²) in [6, 6.07) is 4.97. The van der Waals surface area contributed by atoms with Crippen LogP contribution in [0.1, 0.15) is 10.5 Å². The maximum atomic E-state index is 12.4. The van der Waals surface area contributed by atoms with Crippen molar-refractivity contribution in [2.45, 2.75) is 6.04 Å². The van der Waals surface area contributed by atoms with Gasteiger partial charge >= 0.3 is 6.03 Å². The van der Waals surface area contributed by atoms with Gasteiger partial charge < -0.3 is 10.2 Å². The Morgan fingerprint density at radius 3 is 2.83 bits per heavy atom. The van der Waals surface area contributed by atoms with Gasteiger partial charge in [0.2, 0.25) is 5.91 Å². The average molecular weight is 331 g/mol. The van der Waals surface area contributed by atoms with Crippen LogP contribution in [0.5, 0.6) is 0 Å². The van der Waals surface area contributed by atoms with E-state index in [4.69, 9.17) is 0 Å². The topological polar surface area (TPSA) is 98.4 Å². The molecule has 2 aliphatic heterocycles. The molecule has 2 aliphatic rings. The second-order valence-electron chi connectivity index (χ2n) is 5.43. The number of aromatic nitrogens is 2. The van der Waals surface area contributed by atoms with Gasteiger partial charge in [0.1, 0.15) is 0 Å². The molecule has 4 heterocycles. The number of carbonyl (C=O) groups is 3. The van der Waals surface area contributed by atoms with Crippen molar-refractivity contribution < 1.29 is 14.4 Å². The minimum Gasteiger partial charge on any atom is -0.333 e. The molecule has 0 unspecified atom stereocenters. The molecule has 23 heavy (non-hydrogen) atoms. The minimum absolute atomic E-state index is 0.0345. The molecule has 0 aliphatic carbocycles. The highest BCUT2D eigenvalue weighted by Crippen LogP contribution is 2.25. The first-order valence-electron chi connectivity index (χ1n) is 7.12. The lowest BCUT2D eigenvalue weighted by Gasteiger charge is -2.42. The van der Waals surface area contributed by atoms with E-state index in [1.807, 2.05) is 17.5 Å². The third-order valence-electron chi connectivity index (χ3n) is 3.98. The van der Waals surface area contributed by atoms with Crippen molar-refractivity contribution in [3.63, 3.8) is 0 Å². The summed E-state index contributed by atoms with van der Waals surface area (Å²) < 4.78 is 0. The van der Waals surface area contributed by atoms with Gasteiger partial charge in [-0.25, -0.2) is 4.79 Å². The van der Waals surface area contributed by atoms with Crippen LogP contribution < -0.4 is 5.32 Å². The highest BCUT2D eigenvalue weighted by atomic mass is 32.1. The largest absolute Gasteiger partial charge is 0.333 e. The van der Waals surface area contributed by atoms with Crippen LogP contribution >= 0.6 is 11.3 Å². The summed E-state index contributed by atoms with van der Waals surface area (Å²) in [5, 5.41) is 11.4. The van der Waals surface area contributed by atoms with Gasteiger partial charge in [-0.2, -0.15) is 5.10 Å². The van der Waals surface area contributed by atoms with Gasteiger partial charge in [0.05, 0.1) is 23.2 Å². The first kappa shape index (κ1) is 13.9. The molecule has 2 fully saturated rings. The third kappa shape index (κ3) is 2.29. The van der Waals surface area contributed by atoms with E-state index in [0.29, 0.717) is 18.8 Å². The summed E-state index contributed by atoms with van der Waals surface area (Å²) in [4.78, 5) is 39.4. The molecular weight excluding hydrogens is 318 g/mol. The fraction of sp³-hybridized carbons (Fsp3) is 0.286. The summed E-state index contributed by atoms with van der Waals surface area (Å²) in [5.41, 5.74) is 1.14. The van der Waals surface area contributed by atoms with Crippen molar-refractivity contribution in [2.24, 2.45) is 0 Å². The Hall–Kier alpha value is -2.68. The number of amides is 4. The maximum absolute atomic E-state index is 12.4. The van der Waals surface area contributed by atoms with Crippen LogP contribution in [0.25, 0.3) is 10.6 Å². The number of nitrogens with one attached hydrogen (secondary N) is 2. The van der Waals surface area contributed by atoms with Crippen LogP contribution in [0, 0.1) is 0 Å². The van der Waals surface area contributed by atoms with Crippen LogP contribution in [-0.2, 0) is 4.79 Å². The highest BCUT2D eigenvalue weighted by molar-refractivity contribution is 7.13. The van der Waals surface area contributed by atoms with E-state index in [0.717, 1.165) is 10.6 Å². The molecule has 0 bridgehead atoms. The van der Waals surface area contributed by atoms with Gasteiger partial charge in [0, 0.05) is 13.1 Å². The lowest BCUT2D eigenvalue weighted by atomic mass is 10.1. The number of H-pyrrole nitrogens is 1. The number of rotatable bonds is 3. The van der Waals surface area contributed by atoms with Crippen LogP contribution in [-0.4, -0.2) is 63.5 Å². The second kappa shape index (κ2) is 5.20. The molecular formula is C14H13N5O3S. The zero-order valence-electron chi connectivity index (χ0n) is 12.0. The van der Waals surface area contributed by atoms with E-state index in [2.05, 4.69) is 15.5 Å². The molecule has 4 amide bonds. The quantitative estimate of drug-likeness (QED) is 0.801. The predicted octanol–water partition coefficient (Wildman–Crippen LogP) is 0.514. The summed E-state index contributed by atoms with van der Waals surface area (Å²) in [5.74, 6) is -0.445. The standard InChI is InChI=1S/C14H13N5O3S/c20-12-5-15-14(22)19(12)8-6-18(7-8)13(21)10-4-9(16-17-10)11-2-1-3-23-11/h1-4,8H,5-7H2,(H,15,22)(H,16,17). The van der Waals surface area contributed by atoms with Crippen molar-refractivity contribution in [3.05, 3.63) is 29.3 Å². The molecule has 0 atom stereocenters. The van der Waals surface area contributed by atoms with Gasteiger partial charge in [-0.3, -0.25) is 19.6 Å². The van der Waals surface area contributed by atoms with Crippen LogP contribution in [0.15, 0.2) is 23.6 Å². The Morgan fingerprint density at radius 1 is 1.35 bits per heavy atom. The molecule has 118 valence electrons. The third-order valence-corrected chi connectivity index (χ3v) is 4.88. The fourth-order valence-corrected chi connectivity index (χ4v) is 3.43. The van der Waals surface area contributed by atoms with Gasteiger partial charge in [-0.15, -0.1) is 11.3 Å². The summed E-state index contributed by atoms with van der Waals surface area (Å²) in [7, 11) is 0. The minimum atomic E-state index is -0.383. The van der Waals surface area contributed by atoms with E-state index in [1.165, 1.54) is 4.90 Å². The fourth-order valence-electron chi connectivity index (χ4n) is 2.74. The van der Waals surface area contributed by atoms with Crippen molar-refractivity contribution in [1.82, 2.24) is 25.3 Å². The van der Waals surface area contributed by atoms with Gasteiger partial charge in [-0.1, -0.05) is 6.07 Å². The number of thiophene rings is 1. The first-order valence-corrected chi connectivity index (χ1v) is 8.00. The van der Waals surface area contributed by atoms with Crippen molar-refractivity contribution in [3.8, 4) is 10.6 Å². The summed E-state index contributed by atoms with van der Waals surface area (Å²) in [6.45, 7) is 0.727. The zero-order valence-corrected chi connectivity index (χ0v) is 12.8. The van der Waals surface area contributed by atoms with Gasteiger partial charge in [0.25, 0.3) is 5.91 Å². The van der Waals surface area contributed by atoms with E-state index < -0.39 is 0 Å². The Labute approximate surface area is 135 Å². The van der Waals surface area contributed by atoms with E-state index >= 15 is 0 Å². The van der Waals surface area contributed by atoms with Crippen molar-refractivity contribution >= 4 is 29.2 Å². The number of hydrogen-bond donors (Lipinski definition) is 2. The number of imide groups is 1. The predicted molar refractivity (Wildman–Crippen MR) is 81.8 cm³/mol. The Bertz CT molecular complexity index is 762. The molecule has 0 spiro atoms. The number of carbonyl (C=O) groups excluding carboxylic acids is 3. The molecule has 2 N–H and O–H groups in total. The zero-order chi connectivity index (χ0) is 16.0. The molecule has 8 nitrogen and oxygen atoms in total. The molecule has 2 saturated heterocycles. The van der Waals surface area contributed by atoms with E-state index in [1.54, 1.807) is 22.3 Å². The lowest BCUT2D eigenvalue weighted by Crippen LogP contribution is -2.62. The van der Waals surface area contributed by atoms with Crippen molar-refractivity contribution in [2.75, 3.05) is 19.6 Å². The average Bonchev–Trinajstić information content (AvgIpc) is 3.20. The molecule has 0 radical (unpaired) electrons. The first-order chi connectivity index (χ1) is 11.1. The van der Waals surface area contributed by atoms with Gasteiger partial charge in [0.15, 0.2) is 5.69 Å². The molecule has 0 saturated carbocycles. The molecule has 9 heteroatoms. The van der Waals surface area contributed by atoms with E-state index in [9.17, 15) is 14.4 Å². The monoisotopic (exact) mass is 331 g/mol. The highest BCUT2D eigenvalue weighted by Gasteiger charge is 2.43. The normalized spacial score (nSPS) is 18.3. The Balaban J connectivity index is 1.42. The maximum Gasteiger partial charge on any atom is 0.324 e. The molecule has 4 rings (SSSR count). The summed E-state index contributed by atoms with van der Waals surface area (Å²) in [6.07, 6.45) is 0. The molecule has 2 aromatic heterocycles. The number of urea groups is 1. The smallest absolute Gasteiger partial charge is 0.324 e. The second-order valence-corrected chi connectivity index (χ2v) is 6.38. The van der Waals surface area contributed by atoms with Crippen molar-refractivity contribution in [1.29, 1.82) is 0 Å². The number of likely N-dealkylation sites (tertiary alicyclic amines) is 1. The lowest BCUT2D eigenvalue weighted by molar-refractivity contribution is -0.128. The van der Waals surface area contributed by atoms with Crippen LogP contribution in [0.4, 0.5) is 4.79 Å². The number of aromatic amines is 1. The summed E-state index contributed by atoms with van der Waals surface area (Å²) >= 11 is 1.56. The Kier molecular flexibility index (Phi) is 3.15. The molecule has 2 aromatic rings. The number of hydrogen-bond acceptors (Lipinski definition) is 5. The van der Waals surface area contributed by atoms with Crippen LogP contribution in [0.2, 0.25) is 0 Å². The SMILES string of the molecule is O=C(c1cc(-c2cccs2)[nH]n1)N1CC(N2C(=O)CNC2=O)C1. The number of nitrogens with zero attached hydrogens (tertiary/aromatic N) is 3.